The van der Waals surface area contributed by atoms with Crippen LogP contribution < -0.4 is 10.1 Å². The zero-order chi connectivity index (χ0) is 20.1. The molecule has 0 spiro atoms. The number of benzene rings is 1. The number of unbranched alkanes of at least 4 members (excludes halogenated alkanes) is 5. The van der Waals surface area contributed by atoms with E-state index in [0.717, 1.165) is 49.8 Å². The summed E-state index contributed by atoms with van der Waals surface area (Å²) in [4.78, 5) is 18.9. The Bertz CT molecular complexity index is 736. The normalized spacial score (nSPS) is 18.0. The van der Waals surface area contributed by atoms with Crippen molar-refractivity contribution in [2.75, 3.05) is 13.2 Å². The molecule has 1 atom stereocenters. The molecule has 0 aromatic heterocycles. The zero-order valence-corrected chi connectivity index (χ0v) is 17.5. The molecule has 1 amide bonds. The third kappa shape index (κ3) is 4.61. The predicted molar refractivity (Wildman–Crippen MR) is 111 cm³/mol. The number of ether oxygens (including phenoxy) is 1. The maximum atomic E-state index is 12.3. The quantitative estimate of drug-likeness (QED) is 0.574. The molecule has 3 rings (SSSR count). The Morgan fingerprint density at radius 1 is 1.25 bits per heavy atom. The van der Waals surface area contributed by atoms with Gasteiger partial charge in [0.1, 0.15) is 11.8 Å². The largest absolute Gasteiger partial charge is 0.492 e. The van der Waals surface area contributed by atoms with Gasteiger partial charge in [-0.05, 0) is 30.9 Å². The van der Waals surface area contributed by atoms with Crippen LogP contribution in [-0.2, 0) is 11.3 Å². The molecule has 0 radical (unpaired) electrons. The SMILES string of the molecule is CC(C)C1C(=O)NC2=Nc3ccc(OCCCCCCCCO)c(Cl)c3CN21. The summed E-state index contributed by atoms with van der Waals surface area (Å²) in [6, 6.07) is 3.54. The highest BCUT2D eigenvalue weighted by Crippen LogP contribution is 2.40. The van der Waals surface area contributed by atoms with Crippen molar-refractivity contribution in [2.24, 2.45) is 10.9 Å². The molecule has 1 fully saturated rings. The first kappa shape index (κ1) is 20.9. The van der Waals surface area contributed by atoms with Crippen LogP contribution in [-0.4, -0.2) is 41.1 Å². The minimum Gasteiger partial charge on any atom is -0.492 e. The lowest BCUT2D eigenvalue weighted by atomic mass is 10.0. The van der Waals surface area contributed by atoms with Crippen LogP contribution in [0.1, 0.15) is 57.9 Å². The first-order valence-corrected chi connectivity index (χ1v) is 10.6. The molecule has 1 saturated heterocycles. The van der Waals surface area contributed by atoms with Gasteiger partial charge in [0.15, 0.2) is 0 Å². The Morgan fingerprint density at radius 3 is 2.68 bits per heavy atom. The molecule has 2 heterocycles. The molecule has 28 heavy (non-hydrogen) atoms. The van der Waals surface area contributed by atoms with Crippen LogP contribution in [0.3, 0.4) is 0 Å². The fourth-order valence-electron chi connectivity index (χ4n) is 3.80. The van der Waals surface area contributed by atoms with E-state index in [1.165, 1.54) is 0 Å². The molecule has 6 nitrogen and oxygen atoms in total. The number of carbonyl (C=O) groups excluding carboxylic acids is 1. The van der Waals surface area contributed by atoms with Gasteiger partial charge in [0.05, 0.1) is 23.9 Å². The molecule has 0 bridgehead atoms. The van der Waals surface area contributed by atoms with Crippen LogP contribution >= 0.6 is 11.6 Å². The summed E-state index contributed by atoms with van der Waals surface area (Å²) in [6.45, 7) is 5.54. The Kier molecular flexibility index (Phi) is 7.18. The van der Waals surface area contributed by atoms with Crippen LogP contribution in [0.4, 0.5) is 5.69 Å². The highest BCUT2D eigenvalue weighted by atomic mass is 35.5. The predicted octanol–water partition coefficient (Wildman–Crippen LogP) is 4.01. The summed E-state index contributed by atoms with van der Waals surface area (Å²) in [6.07, 6.45) is 6.38. The summed E-state index contributed by atoms with van der Waals surface area (Å²) < 4.78 is 5.92. The van der Waals surface area contributed by atoms with Crippen molar-refractivity contribution in [3.05, 3.63) is 22.7 Å². The number of halogens is 1. The number of hydrogen-bond acceptors (Lipinski definition) is 5. The van der Waals surface area contributed by atoms with E-state index in [0.29, 0.717) is 29.9 Å². The number of aliphatic imine (C=N–C) groups is 1. The fraction of sp³-hybridized carbons (Fsp3) is 0.619. The molecule has 2 aliphatic rings. The van der Waals surface area contributed by atoms with Gasteiger partial charge in [-0.1, -0.05) is 51.1 Å². The Hall–Kier alpha value is -1.79. The summed E-state index contributed by atoms with van der Waals surface area (Å²) in [5, 5.41) is 12.2. The van der Waals surface area contributed by atoms with E-state index in [4.69, 9.17) is 21.4 Å². The van der Waals surface area contributed by atoms with Gasteiger partial charge < -0.3 is 14.7 Å². The topological polar surface area (TPSA) is 74.2 Å². The molecule has 0 saturated carbocycles. The lowest BCUT2D eigenvalue weighted by molar-refractivity contribution is -0.122. The maximum absolute atomic E-state index is 12.3. The highest BCUT2D eigenvalue weighted by molar-refractivity contribution is 6.33. The van der Waals surface area contributed by atoms with Crippen LogP contribution in [0, 0.1) is 5.92 Å². The second-order valence-electron chi connectivity index (χ2n) is 7.81. The van der Waals surface area contributed by atoms with E-state index in [2.05, 4.69) is 10.3 Å². The van der Waals surface area contributed by atoms with Gasteiger partial charge in [0.25, 0.3) is 0 Å². The van der Waals surface area contributed by atoms with Crippen molar-refractivity contribution in [1.82, 2.24) is 10.2 Å². The lowest BCUT2D eigenvalue weighted by Gasteiger charge is -2.30. The zero-order valence-electron chi connectivity index (χ0n) is 16.7. The van der Waals surface area contributed by atoms with Crippen molar-refractivity contribution in [2.45, 2.75) is 65.0 Å². The molecular formula is C21H30ClN3O3. The smallest absolute Gasteiger partial charge is 0.249 e. The second-order valence-corrected chi connectivity index (χ2v) is 8.19. The average Bonchev–Trinajstić information content (AvgIpc) is 2.99. The number of hydrogen-bond donors (Lipinski definition) is 2. The van der Waals surface area contributed by atoms with E-state index < -0.39 is 0 Å². The molecule has 7 heteroatoms. The van der Waals surface area contributed by atoms with Gasteiger partial charge in [0, 0.05) is 12.2 Å². The number of aliphatic hydroxyl groups is 1. The minimum atomic E-state index is -0.224. The van der Waals surface area contributed by atoms with Gasteiger partial charge in [-0.15, -0.1) is 0 Å². The van der Waals surface area contributed by atoms with Crippen molar-refractivity contribution in [3.63, 3.8) is 0 Å². The molecular weight excluding hydrogens is 378 g/mol. The Balaban J connectivity index is 1.58. The van der Waals surface area contributed by atoms with Crippen LogP contribution in [0.25, 0.3) is 0 Å². The second kappa shape index (κ2) is 9.61. The maximum Gasteiger partial charge on any atom is 0.249 e. The van der Waals surface area contributed by atoms with Crippen molar-refractivity contribution >= 4 is 29.2 Å². The van der Waals surface area contributed by atoms with E-state index >= 15 is 0 Å². The number of aliphatic hydroxyl groups excluding tert-OH is 1. The average molecular weight is 408 g/mol. The van der Waals surface area contributed by atoms with Crippen molar-refractivity contribution in [1.29, 1.82) is 0 Å². The number of fused-ring (bicyclic) bond motifs is 2. The Labute approximate surface area is 171 Å². The molecule has 0 aliphatic carbocycles. The fourth-order valence-corrected chi connectivity index (χ4v) is 4.08. The molecule has 2 aliphatic heterocycles. The number of rotatable bonds is 10. The number of guanidine groups is 1. The standard InChI is InChI=1S/C21H30ClN3O3/c1-14(2)19-20(27)24-21-23-16-9-10-17(18(22)15(16)13-25(19)21)28-12-8-6-4-3-5-7-11-26/h9-10,14,19,26H,3-8,11-13H2,1-2H3,(H,23,24,27). The van der Waals surface area contributed by atoms with Crippen LogP contribution in [0.2, 0.25) is 5.02 Å². The van der Waals surface area contributed by atoms with Gasteiger partial charge in [-0.2, -0.15) is 0 Å². The number of amides is 1. The summed E-state index contributed by atoms with van der Waals surface area (Å²) in [5.74, 6) is 1.47. The summed E-state index contributed by atoms with van der Waals surface area (Å²) in [5.41, 5.74) is 1.70. The van der Waals surface area contributed by atoms with Gasteiger partial charge >= 0.3 is 0 Å². The molecule has 1 aromatic carbocycles. The summed E-state index contributed by atoms with van der Waals surface area (Å²) >= 11 is 6.63. The number of nitrogens with one attached hydrogen (secondary N) is 1. The molecule has 2 N–H and O–H groups in total. The van der Waals surface area contributed by atoms with Gasteiger partial charge in [0.2, 0.25) is 11.9 Å². The Morgan fingerprint density at radius 2 is 1.96 bits per heavy atom. The molecule has 1 unspecified atom stereocenters. The molecule has 1 aromatic rings. The van der Waals surface area contributed by atoms with Crippen molar-refractivity contribution < 1.29 is 14.6 Å². The first-order chi connectivity index (χ1) is 13.5. The van der Waals surface area contributed by atoms with Gasteiger partial charge in [-0.25, -0.2) is 4.99 Å². The monoisotopic (exact) mass is 407 g/mol. The van der Waals surface area contributed by atoms with E-state index in [1.54, 1.807) is 0 Å². The van der Waals surface area contributed by atoms with E-state index in [1.807, 2.05) is 30.9 Å². The summed E-state index contributed by atoms with van der Waals surface area (Å²) in [7, 11) is 0. The number of nitrogens with zero attached hydrogens (tertiary/aromatic N) is 2. The van der Waals surface area contributed by atoms with E-state index in [9.17, 15) is 4.79 Å². The van der Waals surface area contributed by atoms with Crippen LogP contribution in [0.15, 0.2) is 17.1 Å². The van der Waals surface area contributed by atoms with Crippen molar-refractivity contribution in [3.8, 4) is 5.75 Å². The minimum absolute atomic E-state index is 0.00635. The third-order valence-corrected chi connectivity index (χ3v) is 5.71. The van der Waals surface area contributed by atoms with Gasteiger partial charge in [-0.3, -0.25) is 10.1 Å². The highest BCUT2D eigenvalue weighted by Gasteiger charge is 2.41. The number of carbonyl (C=O) groups is 1. The third-order valence-electron chi connectivity index (χ3n) is 5.29. The van der Waals surface area contributed by atoms with E-state index in [-0.39, 0.29) is 24.5 Å². The molecule has 154 valence electrons. The first-order valence-electron chi connectivity index (χ1n) is 10.2. The van der Waals surface area contributed by atoms with Crippen LogP contribution in [0.5, 0.6) is 5.75 Å². The lowest BCUT2D eigenvalue weighted by Crippen LogP contribution is -2.40.